The topological polar surface area (TPSA) is 95.2 Å². The molecule has 6 rings (SSSR count). The Hall–Kier alpha value is -3.66. The highest BCUT2D eigenvalue weighted by molar-refractivity contribution is 14.2. The molecule has 3 N–H and O–H groups in total. The third-order valence-corrected chi connectivity index (χ3v) is 7.68. The third-order valence-electron chi connectivity index (χ3n) is 5.61. The number of rotatable bonds is 5. The molecule has 34 heavy (non-hydrogen) atoms. The summed E-state index contributed by atoms with van der Waals surface area (Å²) >= 11 is -0.121. The van der Waals surface area contributed by atoms with Crippen LogP contribution in [0.1, 0.15) is 19.4 Å². The molecule has 7 nitrogen and oxygen atoms in total. The Morgan fingerprint density at radius 2 is 1.94 bits per heavy atom. The summed E-state index contributed by atoms with van der Waals surface area (Å²) in [5.41, 5.74) is 9.06. The molecule has 0 spiro atoms. The first-order valence-electron chi connectivity index (χ1n) is 11.0. The molecule has 0 aliphatic carbocycles. The van der Waals surface area contributed by atoms with Crippen molar-refractivity contribution in [2.45, 2.75) is 19.9 Å². The zero-order chi connectivity index (χ0) is 23.1. The first-order valence-corrected chi connectivity index (χ1v) is 13.5. The lowest BCUT2D eigenvalue weighted by molar-refractivity contribution is 0.690. The van der Waals surface area contributed by atoms with Gasteiger partial charge < -0.3 is 10.3 Å². The van der Waals surface area contributed by atoms with Gasteiger partial charge in [0.25, 0.3) is 0 Å². The van der Waals surface area contributed by atoms with E-state index < -0.39 is 0 Å². The molecule has 1 aliphatic heterocycles. The number of hydrogen-bond donors (Lipinski definition) is 3. The number of allylic oxidation sites excluding steroid dienone is 3. The van der Waals surface area contributed by atoms with Crippen LogP contribution in [0.25, 0.3) is 50.2 Å². The largest absolute Gasteiger partial charge is 0.382 e. The van der Waals surface area contributed by atoms with E-state index in [1.807, 2.05) is 24.5 Å². The van der Waals surface area contributed by atoms with Crippen molar-refractivity contribution < 1.29 is 0 Å². The average Bonchev–Trinajstić information content (AvgIpc) is 3.48. The van der Waals surface area contributed by atoms with Gasteiger partial charge in [-0.15, -0.1) is 0 Å². The van der Waals surface area contributed by atoms with Gasteiger partial charge >= 0.3 is 0 Å². The van der Waals surface area contributed by atoms with Crippen molar-refractivity contribution in [1.82, 2.24) is 35.5 Å². The summed E-state index contributed by atoms with van der Waals surface area (Å²) in [4.78, 5) is 17.0. The Labute approximate surface area is 206 Å². The number of benzene rings is 1. The summed E-state index contributed by atoms with van der Waals surface area (Å²) in [6.45, 7) is 4.33. The number of halogens is 1. The Kier molecular flexibility index (Phi) is 5.29. The Morgan fingerprint density at radius 1 is 1.00 bits per heavy atom. The van der Waals surface area contributed by atoms with E-state index in [1.54, 1.807) is 12.4 Å². The number of aromatic nitrogens is 6. The number of fused-ring (bicyclic) bond motifs is 2. The molecule has 1 aromatic carbocycles. The minimum Gasteiger partial charge on any atom is -0.382 e. The van der Waals surface area contributed by atoms with E-state index in [0.29, 0.717) is 11.9 Å². The molecule has 0 saturated carbocycles. The van der Waals surface area contributed by atoms with E-state index in [1.165, 1.54) is 16.8 Å². The first-order chi connectivity index (χ1) is 16.7. The Bertz CT molecular complexity index is 1610. The van der Waals surface area contributed by atoms with Crippen molar-refractivity contribution >= 4 is 52.3 Å². The monoisotopic (exact) mass is 559 g/mol. The molecule has 0 bridgehead atoms. The van der Waals surface area contributed by atoms with Crippen LogP contribution in [-0.2, 0) is 0 Å². The smallest absolute Gasteiger partial charge is 0.159 e. The molecular weight excluding hydrogens is 537 g/mol. The van der Waals surface area contributed by atoms with Crippen LogP contribution >= 0.6 is 20.7 Å². The van der Waals surface area contributed by atoms with Gasteiger partial charge in [0.15, 0.2) is 5.82 Å². The van der Waals surface area contributed by atoms with Crippen molar-refractivity contribution in [3.05, 3.63) is 76.5 Å². The predicted molar refractivity (Wildman–Crippen MR) is 147 cm³/mol. The number of aromatic amines is 2. The highest BCUT2D eigenvalue weighted by atomic mass is 127. The van der Waals surface area contributed by atoms with Crippen LogP contribution in [0, 0.1) is 0 Å². The number of nitrogens with one attached hydrogen (secondary N) is 3. The SMILES string of the molecule is CC(C)NC1=CC(c2ccc3[nH]nc(-c4nc5c(-c6cccnc6)cncc5[nH]4)c3c2)=CI=C1. The van der Waals surface area contributed by atoms with Crippen molar-refractivity contribution in [3.8, 4) is 22.6 Å². The maximum Gasteiger partial charge on any atom is 0.159 e. The van der Waals surface area contributed by atoms with E-state index in [0.717, 1.165) is 38.8 Å². The number of pyridine rings is 2. The van der Waals surface area contributed by atoms with Gasteiger partial charge in [-0.1, -0.05) is 32.9 Å². The molecule has 0 fully saturated rings. The van der Waals surface area contributed by atoms with Crippen LogP contribution in [0.3, 0.4) is 0 Å². The molecule has 0 unspecified atom stereocenters. The summed E-state index contributed by atoms with van der Waals surface area (Å²) in [5, 5.41) is 12.3. The fraction of sp³-hybridized carbons (Fsp3) is 0.115. The molecular formula is C26H22IN7. The quantitative estimate of drug-likeness (QED) is 0.245. The minimum atomic E-state index is -0.121. The lowest BCUT2D eigenvalue weighted by Gasteiger charge is -2.14. The van der Waals surface area contributed by atoms with Crippen molar-refractivity contribution in [2.75, 3.05) is 0 Å². The van der Waals surface area contributed by atoms with Gasteiger partial charge in [0.05, 0.1) is 17.2 Å². The van der Waals surface area contributed by atoms with Gasteiger partial charge in [0.1, 0.15) is 11.2 Å². The van der Waals surface area contributed by atoms with Crippen molar-refractivity contribution in [2.24, 2.45) is 0 Å². The van der Waals surface area contributed by atoms with Crippen molar-refractivity contribution in [1.29, 1.82) is 0 Å². The highest BCUT2D eigenvalue weighted by Crippen LogP contribution is 2.33. The maximum atomic E-state index is 4.93. The minimum absolute atomic E-state index is 0.121. The van der Waals surface area contributed by atoms with Gasteiger partial charge in [0, 0.05) is 46.8 Å². The molecule has 8 heteroatoms. The summed E-state index contributed by atoms with van der Waals surface area (Å²) in [7, 11) is 0. The molecule has 0 amide bonds. The van der Waals surface area contributed by atoms with Gasteiger partial charge in [-0.3, -0.25) is 15.1 Å². The summed E-state index contributed by atoms with van der Waals surface area (Å²) < 4.78 is 4.69. The number of imidazole rings is 1. The van der Waals surface area contributed by atoms with E-state index in [9.17, 15) is 0 Å². The molecule has 5 aromatic rings. The van der Waals surface area contributed by atoms with E-state index >= 15 is 0 Å². The second kappa shape index (κ2) is 8.60. The summed E-state index contributed by atoms with van der Waals surface area (Å²) in [6.07, 6.45) is 9.45. The lowest BCUT2D eigenvalue weighted by atomic mass is 10.0. The first kappa shape index (κ1) is 20.9. The van der Waals surface area contributed by atoms with E-state index in [4.69, 9.17) is 4.98 Å². The van der Waals surface area contributed by atoms with Gasteiger partial charge in [-0.2, -0.15) is 5.10 Å². The second-order valence-electron chi connectivity index (χ2n) is 8.44. The Balaban J connectivity index is 1.44. The number of hydrogen-bond acceptors (Lipinski definition) is 5. The summed E-state index contributed by atoms with van der Waals surface area (Å²) in [6, 6.07) is 10.8. The van der Waals surface area contributed by atoms with Crippen molar-refractivity contribution in [3.63, 3.8) is 0 Å². The zero-order valence-corrected chi connectivity index (χ0v) is 20.8. The zero-order valence-electron chi connectivity index (χ0n) is 18.7. The summed E-state index contributed by atoms with van der Waals surface area (Å²) in [5.74, 6) is 0.715. The number of H-pyrrole nitrogens is 2. The highest BCUT2D eigenvalue weighted by Gasteiger charge is 2.16. The van der Waals surface area contributed by atoms with E-state index in [2.05, 4.69) is 76.7 Å². The Morgan fingerprint density at radius 3 is 2.79 bits per heavy atom. The molecule has 1 aliphatic rings. The molecule has 0 radical (unpaired) electrons. The van der Waals surface area contributed by atoms with Crippen LogP contribution in [0.15, 0.2) is 71.0 Å². The lowest BCUT2D eigenvalue weighted by Crippen LogP contribution is -2.22. The van der Waals surface area contributed by atoms with Crippen LogP contribution in [0.2, 0.25) is 0 Å². The van der Waals surface area contributed by atoms with Crippen LogP contribution in [0.5, 0.6) is 0 Å². The average molecular weight is 559 g/mol. The standard InChI is InChI=1S/C26H22IN7/c1-15(2)30-19-8-18(10-27-11-19)16-5-6-22-20(9-16)25(34-33-22)26-31-23-14-29-13-21(24(23)32-26)17-4-3-7-28-12-17/h3-15,30H,1-2H3,(H,31,32)(H,33,34). The normalized spacial score (nSPS) is 13.7. The molecule has 0 saturated heterocycles. The second-order valence-corrected chi connectivity index (χ2v) is 10.4. The molecule has 5 heterocycles. The third kappa shape index (κ3) is 3.83. The fourth-order valence-electron chi connectivity index (χ4n) is 4.10. The van der Waals surface area contributed by atoms with E-state index in [-0.39, 0.29) is 20.7 Å². The van der Waals surface area contributed by atoms with Gasteiger partial charge in [0.2, 0.25) is 0 Å². The molecule has 4 aromatic heterocycles. The van der Waals surface area contributed by atoms with Gasteiger partial charge in [-0.25, -0.2) is 4.98 Å². The fourth-order valence-corrected chi connectivity index (χ4v) is 5.96. The van der Waals surface area contributed by atoms with Crippen LogP contribution in [0.4, 0.5) is 0 Å². The number of nitrogens with zero attached hydrogens (tertiary/aromatic N) is 4. The van der Waals surface area contributed by atoms with Crippen LogP contribution in [-0.4, -0.2) is 40.2 Å². The van der Waals surface area contributed by atoms with Gasteiger partial charge in [-0.05, 0) is 57.4 Å². The maximum absolute atomic E-state index is 4.93. The predicted octanol–water partition coefficient (Wildman–Crippen LogP) is 5.57. The molecule has 0 atom stereocenters. The molecule has 168 valence electrons. The van der Waals surface area contributed by atoms with Crippen LogP contribution < -0.4 is 5.32 Å².